The fraction of sp³-hybridized carbons (Fsp3) is 0.462. The average molecular weight is 274 g/mol. The van der Waals surface area contributed by atoms with Gasteiger partial charge in [-0.3, -0.25) is 0 Å². The van der Waals surface area contributed by atoms with Crippen molar-refractivity contribution >= 4 is 17.7 Å². The molecule has 0 heterocycles. The molecule has 0 saturated heterocycles. The molecular weight excluding hydrogens is 258 g/mol. The van der Waals surface area contributed by atoms with Crippen molar-refractivity contribution in [2.75, 3.05) is 6.61 Å². The summed E-state index contributed by atoms with van der Waals surface area (Å²) in [4.78, 5) is 11.4. The van der Waals surface area contributed by atoms with Crippen LogP contribution in [0, 0.1) is 0 Å². The number of hydrogen-bond donors (Lipinski definition) is 0. The number of benzene rings is 1. The summed E-state index contributed by atoms with van der Waals surface area (Å²) in [7, 11) is 0. The Bertz CT molecular complexity index is 402. The molecule has 0 aliphatic rings. The number of ether oxygens (including phenoxy) is 1. The summed E-state index contributed by atoms with van der Waals surface area (Å²) in [5.74, 6) is -1.16. The van der Waals surface area contributed by atoms with Crippen molar-refractivity contribution in [1.82, 2.24) is 0 Å². The lowest BCUT2D eigenvalue weighted by molar-refractivity contribution is -0.159. The maximum absolute atomic E-state index is 13.4. The van der Waals surface area contributed by atoms with E-state index in [1.165, 1.54) is 6.92 Å². The quantitative estimate of drug-likeness (QED) is 0.598. The summed E-state index contributed by atoms with van der Waals surface area (Å²) in [5, 5.41) is -3.55. The van der Waals surface area contributed by atoms with Crippen LogP contribution in [0.2, 0.25) is 0 Å². The van der Waals surface area contributed by atoms with Crippen LogP contribution in [-0.2, 0) is 9.53 Å². The molecule has 0 amide bonds. The number of halogens is 2. The number of thioether (sulfide) groups is 1. The third kappa shape index (κ3) is 3.98. The predicted molar refractivity (Wildman–Crippen MR) is 68.0 cm³/mol. The van der Waals surface area contributed by atoms with E-state index in [1.54, 1.807) is 24.3 Å². The van der Waals surface area contributed by atoms with Crippen molar-refractivity contribution < 1.29 is 18.3 Å². The van der Waals surface area contributed by atoms with Crippen molar-refractivity contribution in [2.24, 2.45) is 0 Å². The average Bonchev–Trinajstić information content (AvgIpc) is 2.29. The molecule has 0 spiro atoms. The lowest BCUT2D eigenvalue weighted by atomic mass is 10.0. The first-order chi connectivity index (χ1) is 8.36. The molecular formula is C13H16F2O2S. The normalized spacial score (nSPS) is 11.7. The van der Waals surface area contributed by atoms with Crippen molar-refractivity contribution in [3.63, 3.8) is 0 Å². The Morgan fingerprint density at radius 1 is 1.33 bits per heavy atom. The first-order valence-electron chi connectivity index (χ1n) is 5.70. The Kier molecular flexibility index (Phi) is 5.14. The highest BCUT2D eigenvalue weighted by molar-refractivity contribution is 8.01. The van der Waals surface area contributed by atoms with Gasteiger partial charge >= 0.3 is 11.2 Å². The number of carbonyl (C=O) groups is 1. The first kappa shape index (κ1) is 15.0. The van der Waals surface area contributed by atoms with Crippen molar-refractivity contribution in [3.8, 4) is 0 Å². The van der Waals surface area contributed by atoms with Gasteiger partial charge in [-0.1, -0.05) is 26.0 Å². The van der Waals surface area contributed by atoms with Gasteiger partial charge in [-0.05, 0) is 42.3 Å². The lowest BCUT2D eigenvalue weighted by Gasteiger charge is -2.14. The van der Waals surface area contributed by atoms with Crippen LogP contribution < -0.4 is 0 Å². The predicted octanol–water partition coefficient (Wildman–Crippen LogP) is 4.06. The zero-order chi connectivity index (χ0) is 13.8. The van der Waals surface area contributed by atoms with Gasteiger partial charge in [0.25, 0.3) is 0 Å². The van der Waals surface area contributed by atoms with Gasteiger partial charge in [0, 0.05) is 4.90 Å². The molecule has 0 N–H and O–H groups in total. The molecule has 0 atom stereocenters. The molecule has 18 heavy (non-hydrogen) atoms. The number of alkyl halides is 2. The van der Waals surface area contributed by atoms with E-state index >= 15 is 0 Å². The Labute approximate surface area is 110 Å². The molecule has 1 rings (SSSR count). The minimum absolute atomic E-state index is 0.0543. The summed E-state index contributed by atoms with van der Waals surface area (Å²) in [5.41, 5.74) is 1.07. The van der Waals surface area contributed by atoms with Crippen LogP contribution in [0.3, 0.4) is 0 Å². The molecule has 0 aliphatic carbocycles. The van der Waals surface area contributed by atoms with Crippen LogP contribution in [0.5, 0.6) is 0 Å². The zero-order valence-electron chi connectivity index (χ0n) is 10.6. The Hall–Kier alpha value is -1.10. The third-order valence-corrected chi connectivity index (χ3v) is 3.24. The topological polar surface area (TPSA) is 26.3 Å². The van der Waals surface area contributed by atoms with Gasteiger partial charge in [-0.2, -0.15) is 8.78 Å². The van der Waals surface area contributed by atoms with E-state index in [0.717, 1.165) is 5.56 Å². The summed E-state index contributed by atoms with van der Waals surface area (Å²) in [6.07, 6.45) is 0. The molecule has 0 fully saturated rings. The van der Waals surface area contributed by atoms with Crippen molar-refractivity contribution in [3.05, 3.63) is 29.8 Å². The largest absolute Gasteiger partial charge is 0.461 e. The second kappa shape index (κ2) is 6.18. The van der Waals surface area contributed by atoms with Crippen LogP contribution in [-0.4, -0.2) is 17.8 Å². The van der Waals surface area contributed by atoms with Gasteiger partial charge in [0.05, 0.1) is 6.61 Å². The van der Waals surface area contributed by atoms with Crippen molar-refractivity contribution in [2.45, 2.75) is 36.8 Å². The zero-order valence-corrected chi connectivity index (χ0v) is 11.4. The van der Waals surface area contributed by atoms with Gasteiger partial charge in [-0.25, -0.2) is 4.79 Å². The number of hydrogen-bond acceptors (Lipinski definition) is 3. The van der Waals surface area contributed by atoms with Crippen molar-refractivity contribution in [1.29, 1.82) is 0 Å². The van der Waals surface area contributed by atoms with Gasteiger partial charge in [-0.15, -0.1) is 0 Å². The molecule has 0 unspecified atom stereocenters. The maximum atomic E-state index is 13.4. The Morgan fingerprint density at radius 2 is 1.89 bits per heavy atom. The van der Waals surface area contributed by atoms with E-state index in [-0.39, 0.29) is 18.4 Å². The van der Waals surface area contributed by atoms with E-state index in [0.29, 0.717) is 10.8 Å². The van der Waals surface area contributed by atoms with E-state index in [9.17, 15) is 13.6 Å². The molecule has 100 valence electrons. The fourth-order valence-corrected chi connectivity index (χ4v) is 2.04. The summed E-state index contributed by atoms with van der Waals surface area (Å²) in [6, 6.07) is 6.75. The van der Waals surface area contributed by atoms with Crippen LogP contribution in [0.15, 0.2) is 29.2 Å². The van der Waals surface area contributed by atoms with Gasteiger partial charge < -0.3 is 4.74 Å². The van der Waals surface area contributed by atoms with Crippen LogP contribution >= 0.6 is 11.8 Å². The lowest BCUT2D eigenvalue weighted by Crippen LogP contribution is -2.26. The van der Waals surface area contributed by atoms with E-state index in [4.69, 9.17) is 0 Å². The Morgan fingerprint density at radius 3 is 2.33 bits per heavy atom. The van der Waals surface area contributed by atoms with E-state index in [2.05, 4.69) is 4.74 Å². The molecule has 1 aromatic carbocycles. The van der Waals surface area contributed by atoms with Crippen LogP contribution in [0.25, 0.3) is 0 Å². The monoisotopic (exact) mass is 274 g/mol. The summed E-state index contributed by atoms with van der Waals surface area (Å²) in [6.45, 7) is 5.49. The molecule has 0 saturated carbocycles. The minimum Gasteiger partial charge on any atom is -0.461 e. The highest BCUT2D eigenvalue weighted by Crippen LogP contribution is 2.37. The minimum atomic E-state index is -3.55. The van der Waals surface area contributed by atoms with E-state index in [1.807, 2.05) is 13.8 Å². The molecule has 0 radical (unpaired) electrons. The van der Waals surface area contributed by atoms with E-state index < -0.39 is 11.2 Å². The highest BCUT2D eigenvalue weighted by Gasteiger charge is 2.41. The summed E-state index contributed by atoms with van der Waals surface area (Å²) < 4.78 is 31.2. The number of rotatable bonds is 5. The highest BCUT2D eigenvalue weighted by atomic mass is 32.2. The molecule has 0 aliphatic heterocycles. The molecule has 2 nitrogen and oxygen atoms in total. The molecule has 1 aromatic rings. The second-order valence-corrected chi connectivity index (χ2v) is 5.25. The second-order valence-electron chi connectivity index (χ2n) is 4.06. The maximum Gasteiger partial charge on any atom is 0.393 e. The molecule has 0 bridgehead atoms. The smallest absolute Gasteiger partial charge is 0.393 e. The van der Waals surface area contributed by atoms with Gasteiger partial charge in [0.15, 0.2) is 0 Å². The molecule has 0 aromatic heterocycles. The third-order valence-electron chi connectivity index (χ3n) is 2.31. The van der Waals surface area contributed by atoms with Gasteiger partial charge in [0.1, 0.15) is 0 Å². The number of carbonyl (C=O) groups excluding carboxylic acids is 1. The first-order valence-corrected chi connectivity index (χ1v) is 6.52. The van der Waals surface area contributed by atoms with Crippen LogP contribution in [0.4, 0.5) is 8.78 Å². The summed E-state index contributed by atoms with van der Waals surface area (Å²) >= 11 is 0.206. The Balaban J connectivity index is 2.75. The number of esters is 1. The SMILES string of the molecule is CCOC(=O)C(F)(F)Sc1ccc(C(C)C)cc1. The fourth-order valence-electron chi connectivity index (χ4n) is 1.33. The molecule has 5 heteroatoms. The van der Waals surface area contributed by atoms with Gasteiger partial charge in [0.2, 0.25) is 0 Å². The standard InChI is InChI=1S/C13H16F2O2S/c1-4-17-12(16)13(14,15)18-11-7-5-10(6-8-11)9(2)3/h5-9H,4H2,1-3H3. The van der Waals surface area contributed by atoms with Crippen LogP contribution in [0.1, 0.15) is 32.3 Å².